The van der Waals surface area contributed by atoms with Crippen molar-refractivity contribution in [2.75, 3.05) is 32.7 Å². The number of piperazine rings is 1. The van der Waals surface area contributed by atoms with Gasteiger partial charge in [0.1, 0.15) is 5.82 Å². The minimum atomic E-state index is -0.184. The predicted molar refractivity (Wildman–Crippen MR) is 100 cm³/mol. The number of amides is 2. The van der Waals surface area contributed by atoms with Gasteiger partial charge in [0, 0.05) is 57.3 Å². The zero-order valence-electron chi connectivity index (χ0n) is 15.8. The van der Waals surface area contributed by atoms with Crippen molar-refractivity contribution in [2.24, 2.45) is 5.92 Å². The van der Waals surface area contributed by atoms with Crippen molar-refractivity contribution in [3.63, 3.8) is 0 Å². The summed E-state index contributed by atoms with van der Waals surface area (Å²) in [4.78, 5) is 31.3. The summed E-state index contributed by atoms with van der Waals surface area (Å²) in [6.07, 6.45) is 4.92. The minimum absolute atomic E-state index is 0.120. The van der Waals surface area contributed by atoms with Crippen molar-refractivity contribution in [1.29, 1.82) is 0 Å². The van der Waals surface area contributed by atoms with Crippen LogP contribution in [0.5, 0.6) is 0 Å². The molecule has 2 saturated heterocycles. The van der Waals surface area contributed by atoms with Gasteiger partial charge < -0.3 is 9.80 Å². The summed E-state index contributed by atoms with van der Waals surface area (Å²) in [7, 11) is 0. The van der Waals surface area contributed by atoms with Crippen molar-refractivity contribution >= 4 is 11.8 Å². The van der Waals surface area contributed by atoms with Gasteiger partial charge in [-0.15, -0.1) is 0 Å². The lowest BCUT2D eigenvalue weighted by Gasteiger charge is -2.36. The third-order valence-corrected chi connectivity index (χ3v) is 6.31. The van der Waals surface area contributed by atoms with Crippen LogP contribution in [0, 0.1) is 11.7 Å². The first-order chi connectivity index (χ1) is 13.1. The fourth-order valence-corrected chi connectivity index (χ4v) is 4.72. The van der Waals surface area contributed by atoms with Crippen LogP contribution in [0.3, 0.4) is 0 Å². The minimum Gasteiger partial charge on any atom is -0.340 e. The van der Waals surface area contributed by atoms with Crippen LogP contribution in [0.25, 0.3) is 0 Å². The molecule has 3 fully saturated rings. The molecule has 0 spiro atoms. The van der Waals surface area contributed by atoms with Crippen molar-refractivity contribution in [2.45, 2.75) is 44.7 Å². The van der Waals surface area contributed by atoms with Crippen LogP contribution in [-0.2, 0) is 16.1 Å². The quantitative estimate of drug-likeness (QED) is 0.813. The van der Waals surface area contributed by atoms with Crippen LogP contribution >= 0.6 is 0 Å². The molecule has 2 heterocycles. The Labute approximate surface area is 160 Å². The number of carbonyl (C=O) groups is 2. The van der Waals surface area contributed by atoms with Crippen LogP contribution in [0.1, 0.15) is 37.7 Å². The van der Waals surface area contributed by atoms with E-state index in [-0.39, 0.29) is 23.5 Å². The number of rotatable bonds is 4. The van der Waals surface area contributed by atoms with E-state index in [1.54, 1.807) is 6.07 Å². The SMILES string of the molecule is O=C(C1CC(=O)N(C2CCCC2)C1)N1CCN(Cc2ccccc2F)CC1. The molecule has 5 nitrogen and oxygen atoms in total. The van der Waals surface area contributed by atoms with Gasteiger partial charge in [-0.1, -0.05) is 31.0 Å². The number of carbonyl (C=O) groups excluding carboxylic acids is 2. The topological polar surface area (TPSA) is 43.9 Å². The number of benzene rings is 1. The Morgan fingerprint density at radius 3 is 2.48 bits per heavy atom. The molecule has 1 saturated carbocycles. The summed E-state index contributed by atoms with van der Waals surface area (Å²) in [6, 6.07) is 7.21. The normalized spacial score (nSPS) is 24.8. The van der Waals surface area contributed by atoms with Gasteiger partial charge in [0.25, 0.3) is 0 Å². The van der Waals surface area contributed by atoms with E-state index < -0.39 is 0 Å². The van der Waals surface area contributed by atoms with Crippen LogP contribution in [-0.4, -0.2) is 65.3 Å². The molecule has 146 valence electrons. The van der Waals surface area contributed by atoms with Gasteiger partial charge in [0.15, 0.2) is 0 Å². The fraction of sp³-hybridized carbons (Fsp3) is 0.619. The van der Waals surface area contributed by atoms with Crippen LogP contribution in [0.2, 0.25) is 0 Å². The van der Waals surface area contributed by atoms with Gasteiger partial charge >= 0.3 is 0 Å². The van der Waals surface area contributed by atoms with Crippen LogP contribution in [0.4, 0.5) is 4.39 Å². The number of nitrogens with zero attached hydrogens (tertiary/aromatic N) is 3. The third-order valence-electron chi connectivity index (χ3n) is 6.31. The Balaban J connectivity index is 1.29. The molecule has 1 aliphatic carbocycles. The van der Waals surface area contributed by atoms with E-state index in [0.29, 0.717) is 44.2 Å². The van der Waals surface area contributed by atoms with Gasteiger partial charge in [-0.3, -0.25) is 14.5 Å². The van der Waals surface area contributed by atoms with E-state index in [4.69, 9.17) is 0 Å². The van der Waals surface area contributed by atoms with E-state index in [2.05, 4.69) is 4.90 Å². The molecule has 6 heteroatoms. The maximum atomic E-state index is 13.8. The van der Waals surface area contributed by atoms with E-state index in [9.17, 15) is 14.0 Å². The lowest BCUT2D eigenvalue weighted by atomic mass is 10.1. The first kappa shape index (κ1) is 18.4. The monoisotopic (exact) mass is 373 g/mol. The van der Waals surface area contributed by atoms with Gasteiger partial charge in [-0.2, -0.15) is 0 Å². The van der Waals surface area contributed by atoms with Crippen molar-refractivity contribution < 1.29 is 14.0 Å². The lowest BCUT2D eigenvalue weighted by Crippen LogP contribution is -2.50. The van der Waals surface area contributed by atoms with E-state index >= 15 is 0 Å². The fourth-order valence-electron chi connectivity index (χ4n) is 4.72. The van der Waals surface area contributed by atoms with E-state index in [0.717, 1.165) is 25.9 Å². The summed E-state index contributed by atoms with van der Waals surface area (Å²) in [5.74, 6) is -0.0866. The number of halogens is 1. The molecule has 0 bridgehead atoms. The average Bonchev–Trinajstić information content (AvgIpc) is 3.33. The summed E-state index contributed by atoms with van der Waals surface area (Å²) in [5.41, 5.74) is 0.700. The maximum absolute atomic E-state index is 13.8. The Hall–Kier alpha value is -1.95. The highest BCUT2D eigenvalue weighted by molar-refractivity contribution is 5.89. The molecule has 27 heavy (non-hydrogen) atoms. The van der Waals surface area contributed by atoms with Gasteiger partial charge in [0.2, 0.25) is 11.8 Å². The molecule has 0 aromatic heterocycles. The van der Waals surface area contributed by atoms with Gasteiger partial charge in [-0.25, -0.2) is 4.39 Å². The van der Waals surface area contributed by atoms with Gasteiger partial charge in [0.05, 0.1) is 5.92 Å². The molecule has 2 aliphatic heterocycles. The largest absolute Gasteiger partial charge is 0.340 e. The summed E-state index contributed by atoms with van der Waals surface area (Å²) < 4.78 is 13.8. The molecule has 0 radical (unpaired) electrons. The van der Waals surface area contributed by atoms with Crippen LogP contribution in [0.15, 0.2) is 24.3 Å². The lowest BCUT2D eigenvalue weighted by molar-refractivity contribution is -0.137. The molecule has 1 atom stereocenters. The predicted octanol–water partition coefficient (Wildman–Crippen LogP) is 2.26. The second-order valence-corrected chi connectivity index (χ2v) is 8.08. The zero-order valence-corrected chi connectivity index (χ0v) is 15.8. The number of hydrogen-bond acceptors (Lipinski definition) is 3. The van der Waals surface area contributed by atoms with Crippen molar-refractivity contribution in [1.82, 2.24) is 14.7 Å². The smallest absolute Gasteiger partial charge is 0.228 e. The zero-order chi connectivity index (χ0) is 18.8. The van der Waals surface area contributed by atoms with Crippen LogP contribution < -0.4 is 0 Å². The molecule has 1 unspecified atom stereocenters. The summed E-state index contributed by atoms with van der Waals surface area (Å²) >= 11 is 0. The maximum Gasteiger partial charge on any atom is 0.228 e. The third kappa shape index (κ3) is 4.00. The molecular formula is C21H28FN3O2. The standard InChI is InChI=1S/C21H28FN3O2/c22-19-8-4-1-5-16(19)14-23-9-11-24(12-10-23)21(27)17-13-20(26)25(15-17)18-6-2-3-7-18/h1,4-5,8,17-18H,2-3,6-7,9-15H2. The first-order valence-corrected chi connectivity index (χ1v) is 10.2. The van der Waals surface area contributed by atoms with E-state index in [1.165, 1.54) is 18.9 Å². The first-order valence-electron chi connectivity index (χ1n) is 10.2. The summed E-state index contributed by atoms with van der Waals surface area (Å²) in [6.45, 7) is 3.97. The molecule has 4 rings (SSSR count). The Bertz CT molecular complexity index is 696. The second-order valence-electron chi connectivity index (χ2n) is 8.08. The molecular weight excluding hydrogens is 345 g/mol. The second kappa shape index (κ2) is 7.97. The summed E-state index contributed by atoms with van der Waals surface area (Å²) in [5, 5.41) is 0. The Morgan fingerprint density at radius 2 is 1.78 bits per heavy atom. The molecule has 1 aromatic rings. The molecule has 2 amide bonds. The van der Waals surface area contributed by atoms with Crippen molar-refractivity contribution in [3.8, 4) is 0 Å². The van der Waals surface area contributed by atoms with Gasteiger partial charge in [-0.05, 0) is 18.9 Å². The Kier molecular flexibility index (Phi) is 5.43. The molecule has 3 aliphatic rings. The van der Waals surface area contributed by atoms with Crippen molar-refractivity contribution in [3.05, 3.63) is 35.6 Å². The highest BCUT2D eigenvalue weighted by Crippen LogP contribution is 2.30. The average molecular weight is 373 g/mol. The van der Waals surface area contributed by atoms with E-state index in [1.807, 2.05) is 21.9 Å². The highest BCUT2D eigenvalue weighted by Gasteiger charge is 2.40. The number of hydrogen-bond donors (Lipinski definition) is 0. The molecule has 1 aromatic carbocycles. The molecule has 0 N–H and O–H groups in total. The number of likely N-dealkylation sites (tertiary alicyclic amines) is 1. The highest BCUT2D eigenvalue weighted by atomic mass is 19.1. The Morgan fingerprint density at radius 1 is 1.07 bits per heavy atom.